The van der Waals surface area contributed by atoms with E-state index in [9.17, 15) is 18.3 Å². The fourth-order valence-corrected chi connectivity index (χ4v) is 4.24. The Balaban J connectivity index is 2.54. The summed E-state index contributed by atoms with van der Waals surface area (Å²) in [5.74, 6) is -0.173. The summed E-state index contributed by atoms with van der Waals surface area (Å²) in [7, 11) is -3.27. The molecule has 1 N–H and O–H groups in total. The number of aliphatic hydroxyl groups is 1. The standard InChI is InChI=1S/C20H28O5S/c1-3-25-20(22)18(13-14-21)19(15-7-5-4-6-8-15)16-9-11-17(12-10-16)26(2,23)24/h9-12,15,21H,3-8,13-14H2,1-2H3/b19-18-. The Labute approximate surface area is 156 Å². The third kappa shape index (κ3) is 5.17. The van der Waals surface area contributed by atoms with Crippen molar-refractivity contribution >= 4 is 21.4 Å². The molecule has 0 amide bonds. The minimum Gasteiger partial charge on any atom is -0.463 e. The van der Waals surface area contributed by atoms with Gasteiger partial charge >= 0.3 is 5.97 Å². The van der Waals surface area contributed by atoms with Gasteiger partial charge in [0, 0.05) is 24.9 Å². The second-order valence-corrected chi connectivity index (χ2v) is 8.73. The first-order chi connectivity index (χ1) is 12.4. The molecule has 0 unspecified atom stereocenters. The van der Waals surface area contributed by atoms with Crippen LogP contribution in [-0.2, 0) is 19.4 Å². The molecular formula is C20H28O5S. The molecule has 144 valence electrons. The van der Waals surface area contributed by atoms with Crippen LogP contribution in [0.5, 0.6) is 0 Å². The number of allylic oxidation sites excluding steroid dienone is 1. The van der Waals surface area contributed by atoms with E-state index in [1.807, 2.05) is 0 Å². The first kappa shape index (κ1) is 20.6. The third-order valence-corrected chi connectivity index (χ3v) is 5.94. The maximum Gasteiger partial charge on any atom is 0.334 e. The van der Waals surface area contributed by atoms with Gasteiger partial charge in [0.05, 0.1) is 11.5 Å². The SMILES string of the molecule is CCOC(=O)/C(CCO)=C(\c1ccc(S(C)(=O)=O)cc1)C1CCCCC1. The highest BCUT2D eigenvalue weighted by Gasteiger charge is 2.26. The Morgan fingerprint density at radius 3 is 2.27 bits per heavy atom. The van der Waals surface area contributed by atoms with E-state index in [-0.39, 0.29) is 30.4 Å². The van der Waals surface area contributed by atoms with Crippen molar-refractivity contribution < 1.29 is 23.1 Å². The van der Waals surface area contributed by atoms with Gasteiger partial charge in [-0.25, -0.2) is 13.2 Å². The molecule has 1 saturated carbocycles. The number of esters is 1. The van der Waals surface area contributed by atoms with Crippen LogP contribution < -0.4 is 0 Å². The highest BCUT2D eigenvalue weighted by Crippen LogP contribution is 2.38. The predicted octanol–water partition coefficient (Wildman–Crippen LogP) is 3.37. The predicted molar refractivity (Wildman–Crippen MR) is 101 cm³/mol. The van der Waals surface area contributed by atoms with Gasteiger partial charge in [-0.1, -0.05) is 31.4 Å². The summed E-state index contributed by atoms with van der Waals surface area (Å²) in [6.07, 6.45) is 6.77. The lowest BCUT2D eigenvalue weighted by Gasteiger charge is -2.27. The molecule has 0 spiro atoms. The molecule has 1 aromatic rings. The van der Waals surface area contributed by atoms with Gasteiger partial charge in [-0.2, -0.15) is 0 Å². The molecule has 26 heavy (non-hydrogen) atoms. The number of carbonyl (C=O) groups is 1. The minimum atomic E-state index is -3.27. The van der Waals surface area contributed by atoms with Gasteiger partial charge in [0.1, 0.15) is 0 Å². The molecule has 0 saturated heterocycles. The molecule has 1 fully saturated rings. The van der Waals surface area contributed by atoms with E-state index in [1.54, 1.807) is 31.2 Å². The Bertz CT molecular complexity index is 741. The van der Waals surface area contributed by atoms with E-state index in [0.717, 1.165) is 36.8 Å². The molecule has 0 aromatic heterocycles. The van der Waals surface area contributed by atoms with E-state index in [0.29, 0.717) is 5.57 Å². The van der Waals surface area contributed by atoms with E-state index in [4.69, 9.17) is 4.74 Å². The van der Waals surface area contributed by atoms with Crippen molar-refractivity contribution in [2.45, 2.75) is 50.3 Å². The molecule has 5 nitrogen and oxygen atoms in total. The van der Waals surface area contributed by atoms with Crippen LogP contribution in [0.4, 0.5) is 0 Å². The van der Waals surface area contributed by atoms with Crippen LogP contribution in [0.1, 0.15) is 51.0 Å². The second-order valence-electron chi connectivity index (χ2n) is 6.72. The van der Waals surface area contributed by atoms with Gasteiger partial charge in [-0.05, 0) is 49.0 Å². The molecule has 0 aliphatic heterocycles. The third-order valence-electron chi connectivity index (χ3n) is 4.82. The fraction of sp³-hybridized carbons (Fsp3) is 0.550. The maximum absolute atomic E-state index is 12.5. The topological polar surface area (TPSA) is 80.7 Å². The summed E-state index contributed by atoms with van der Waals surface area (Å²) in [4.78, 5) is 12.8. The number of hydrogen-bond acceptors (Lipinski definition) is 5. The molecule has 2 rings (SSSR count). The summed E-state index contributed by atoms with van der Waals surface area (Å²) in [5, 5.41) is 9.48. The van der Waals surface area contributed by atoms with Crippen molar-refractivity contribution in [3.63, 3.8) is 0 Å². The van der Waals surface area contributed by atoms with E-state index < -0.39 is 15.8 Å². The van der Waals surface area contributed by atoms with Crippen LogP contribution in [0.15, 0.2) is 34.7 Å². The quantitative estimate of drug-likeness (QED) is 0.579. The normalized spacial score (nSPS) is 16.9. The summed E-state index contributed by atoms with van der Waals surface area (Å²) in [6, 6.07) is 6.68. The highest BCUT2D eigenvalue weighted by atomic mass is 32.2. The zero-order valence-corrected chi connectivity index (χ0v) is 16.3. The first-order valence-electron chi connectivity index (χ1n) is 9.20. The molecule has 0 radical (unpaired) electrons. The lowest BCUT2D eigenvalue weighted by Crippen LogP contribution is -2.17. The number of ether oxygens (including phenoxy) is 1. The van der Waals surface area contributed by atoms with Gasteiger partial charge in [0.15, 0.2) is 9.84 Å². The van der Waals surface area contributed by atoms with Crippen LogP contribution in [0, 0.1) is 5.92 Å². The maximum atomic E-state index is 12.5. The monoisotopic (exact) mass is 380 g/mol. The zero-order chi connectivity index (χ0) is 19.2. The zero-order valence-electron chi connectivity index (χ0n) is 15.5. The van der Waals surface area contributed by atoms with Crippen LogP contribution in [0.2, 0.25) is 0 Å². The molecule has 1 aliphatic carbocycles. The number of rotatable bonds is 7. The van der Waals surface area contributed by atoms with Crippen LogP contribution in [0.3, 0.4) is 0 Å². The average Bonchev–Trinajstić information content (AvgIpc) is 2.62. The molecule has 0 heterocycles. The summed E-state index contributed by atoms with van der Waals surface area (Å²) >= 11 is 0. The van der Waals surface area contributed by atoms with Crippen LogP contribution in [-0.4, -0.2) is 39.0 Å². The Morgan fingerprint density at radius 2 is 1.77 bits per heavy atom. The lowest BCUT2D eigenvalue weighted by atomic mass is 9.78. The van der Waals surface area contributed by atoms with Gasteiger partial charge in [-0.3, -0.25) is 0 Å². The number of carbonyl (C=O) groups excluding carboxylic acids is 1. The minimum absolute atomic E-state index is 0.133. The molecular weight excluding hydrogens is 352 g/mol. The van der Waals surface area contributed by atoms with Gasteiger partial charge in [0.25, 0.3) is 0 Å². The Morgan fingerprint density at radius 1 is 1.15 bits per heavy atom. The van der Waals surface area contributed by atoms with Crippen molar-refractivity contribution in [1.82, 2.24) is 0 Å². The summed E-state index contributed by atoms with van der Waals surface area (Å²) in [6.45, 7) is 1.90. The molecule has 0 bridgehead atoms. The lowest BCUT2D eigenvalue weighted by molar-refractivity contribution is -0.138. The number of benzene rings is 1. The second kappa shape index (κ2) is 9.33. The van der Waals surface area contributed by atoms with E-state index in [1.165, 1.54) is 12.7 Å². The van der Waals surface area contributed by atoms with Crippen molar-refractivity contribution in [3.05, 3.63) is 35.4 Å². The largest absolute Gasteiger partial charge is 0.463 e. The van der Waals surface area contributed by atoms with Gasteiger partial charge < -0.3 is 9.84 Å². The van der Waals surface area contributed by atoms with E-state index >= 15 is 0 Å². The smallest absolute Gasteiger partial charge is 0.334 e. The van der Waals surface area contributed by atoms with Crippen molar-refractivity contribution in [1.29, 1.82) is 0 Å². The average molecular weight is 381 g/mol. The molecule has 1 aliphatic rings. The van der Waals surface area contributed by atoms with Crippen LogP contribution >= 0.6 is 0 Å². The summed E-state index contributed by atoms with van der Waals surface area (Å²) in [5.41, 5.74) is 2.24. The number of hydrogen-bond donors (Lipinski definition) is 1. The Hall–Kier alpha value is -1.66. The molecule has 0 atom stereocenters. The summed E-state index contributed by atoms with van der Waals surface area (Å²) < 4.78 is 28.7. The van der Waals surface area contributed by atoms with E-state index in [2.05, 4.69) is 0 Å². The first-order valence-corrected chi connectivity index (χ1v) is 11.1. The fourth-order valence-electron chi connectivity index (χ4n) is 3.61. The van der Waals surface area contributed by atoms with Crippen LogP contribution in [0.25, 0.3) is 5.57 Å². The Kier molecular flexibility index (Phi) is 7.41. The highest BCUT2D eigenvalue weighted by molar-refractivity contribution is 7.90. The molecule has 6 heteroatoms. The van der Waals surface area contributed by atoms with Gasteiger partial charge in [0.2, 0.25) is 0 Å². The molecule has 1 aromatic carbocycles. The van der Waals surface area contributed by atoms with Gasteiger partial charge in [-0.15, -0.1) is 0 Å². The number of sulfone groups is 1. The van der Waals surface area contributed by atoms with Crippen molar-refractivity contribution in [2.24, 2.45) is 5.92 Å². The van der Waals surface area contributed by atoms with Crippen molar-refractivity contribution in [3.8, 4) is 0 Å². The van der Waals surface area contributed by atoms with Crippen molar-refractivity contribution in [2.75, 3.05) is 19.5 Å². The number of aliphatic hydroxyl groups excluding tert-OH is 1.